The fourth-order valence-corrected chi connectivity index (χ4v) is 2.03. The summed E-state index contributed by atoms with van der Waals surface area (Å²) in [5, 5.41) is 1.94. The van der Waals surface area contributed by atoms with Gasteiger partial charge in [-0.3, -0.25) is 14.5 Å². The molecule has 0 saturated heterocycles. The zero-order valence-corrected chi connectivity index (χ0v) is 12.4. The van der Waals surface area contributed by atoms with E-state index in [9.17, 15) is 27.2 Å². The number of nitrogens with one attached hydrogen (secondary N) is 1. The number of amides is 2. The SMILES string of the molecule is CC(=O)N(CC(=O)Nc1c(F)cccc1F)c1c(F)cccc1F. The monoisotopic (exact) mass is 340 g/mol. The summed E-state index contributed by atoms with van der Waals surface area (Å²) in [7, 11) is 0. The Labute approximate surface area is 134 Å². The van der Waals surface area contributed by atoms with Crippen LogP contribution in [0, 0.1) is 23.3 Å². The third kappa shape index (κ3) is 3.70. The average Bonchev–Trinajstić information content (AvgIpc) is 2.49. The van der Waals surface area contributed by atoms with Gasteiger partial charge in [-0.15, -0.1) is 0 Å². The van der Waals surface area contributed by atoms with E-state index in [1.54, 1.807) is 0 Å². The van der Waals surface area contributed by atoms with Gasteiger partial charge < -0.3 is 5.32 Å². The Hall–Kier alpha value is -2.90. The molecule has 2 rings (SSSR count). The third-order valence-electron chi connectivity index (χ3n) is 3.12. The molecule has 0 aliphatic carbocycles. The molecular formula is C16H12F4N2O2. The van der Waals surface area contributed by atoms with Crippen molar-refractivity contribution in [2.75, 3.05) is 16.8 Å². The van der Waals surface area contributed by atoms with Crippen molar-refractivity contribution in [2.24, 2.45) is 0 Å². The molecule has 0 spiro atoms. The zero-order valence-electron chi connectivity index (χ0n) is 12.4. The Bertz CT molecular complexity index is 755. The first-order valence-electron chi connectivity index (χ1n) is 6.77. The Kier molecular flexibility index (Phi) is 5.18. The molecule has 0 unspecified atom stereocenters. The lowest BCUT2D eigenvalue weighted by Gasteiger charge is -2.21. The molecular weight excluding hydrogens is 328 g/mol. The van der Waals surface area contributed by atoms with Crippen molar-refractivity contribution in [2.45, 2.75) is 6.92 Å². The van der Waals surface area contributed by atoms with Gasteiger partial charge in [-0.25, -0.2) is 17.6 Å². The van der Waals surface area contributed by atoms with Gasteiger partial charge in [-0.2, -0.15) is 0 Å². The van der Waals surface area contributed by atoms with Crippen molar-refractivity contribution in [1.82, 2.24) is 0 Å². The van der Waals surface area contributed by atoms with Gasteiger partial charge >= 0.3 is 0 Å². The van der Waals surface area contributed by atoms with Crippen LogP contribution >= 0.6 is 0 Å². The van der Waals surface area contributed by atoms with E-state index < -0.39 is 53.0 Å². The molecule has 126 valence electrons. The van der Waals surface area contributed by atoms with Crippen LogP contribution in [0.1, 0.15) is 6.92 Å². The number of rotatable bonds is 4. The summed E-state index contributed by atoms with van der Waals surface area (Å²) < 4.78 is 54.6. The predicted molar refractivity (Wildman–Crippen MR) is 79.4 cm³/mol. The molecule has 0 saturated carbocycles. The standard InChI is InChI=1S/C16H12F4N2O2/c1-9(23)22(16-12(19)6-3-7-13(16)20)8-14(24)21-15-10(17)4-2-5-11(15)18/h2-7H,8H2,1H3,(H,21,24). The first-order chi connectivity index (χ1) is 11.3. The normalized spacial score (nSPS) is 10.4. The minimum atomic E-state index is -1.05. The Morgan fingerprint density at radius 2 is 1.38 bits per heavy atom. The van der Waals surface area contributed by atoms with Gasteiger partial charge in [0.2, 0.25) is 11.8 Å². The number of para-hydroxylation sites is 2. The van der Waals surface area contributed by atoms with E-state index in [1.807, 2.05) is 5.32 Å². The van der Waals surface area contributed by atoms with Gasteiger partial charge in [0, 0.05) is 6.92 Å². The van der Waals surface area contributed by atoms with E-state index >= 15 is 0 Å². The van der Waals surface area contributed by atoms with Crippen molar-refractivity contribution in [3.63, 3.8) is 0 Å². The zero-order chi connectivity index (χ0) is 17.9. The van der Waals surface area contributed by atoms with Gasteiger partial charge in [0.05, 0.1) is 0 Å². The maximum absolute atomic E-state index is 13.8. The molecule has 0 heterocycles. The second-order valence-electron chi connectivity index (χ2n) is 4.82. The van der Waals surface area contributed by atoms with Gasteiger partial charge in [0.1, 0.15) is 41.2 Å². The maximum Gasteiger partial charge on any atom is 0.244 e. The summed E-state index contributed by atoms with van der Waals surface area (Å²) in [6.07, 6.45) is 0. The minimum Gasteiger partial charge on any atom is -0.320 e. The molecule has 2 amide bonds. The summed E-state index contributed by atoms with van der Waals surface area (Å²) in [6.45, 7) is 0.184. The highest BCUT2D eigenvalue weighted by atomic mass is 19.1. The number of halogens is 4. The van der Waals surface area contributed by atoms with Crippen molar-refractivity contribution in [1.29, 1.82) is 0 Å². The van der Waals surface area contributed by atoms with Crippen molar-refractivity contribution in [3.8, 4) is 0 Å². The summed E-state index contributed by atoms with van der Waals surface area (Å²) in [5.41, 5.74) is -1.42. The summed E-state index contributed by atoms with van der Waals surface area (Å²) >= 11 is 0. The van der Waals surface area contributed by atoms with Gasteiger partial charge in [0.15, 0.2) is 0 Å². The summed E-state index contributed by atoms with van der Waals surface area (Å²) in [6, 6.07) is 5.90. The lowest BCUT2D eigenvalue weighted by Crippen LogP contribution is -2.38. The molecule has 0 aliphatic rings. The molecule has 0 aromatic heterocycles. The third-order valence-corrected chi connectivity index (χ3v) is 3.12. The fourth-order valence-electron chi connectivity index (χ4n) is 2.03. The van der Waals surface area contributed by atoms with E-state index in [2.05, 4.69) is 0 Å². The number of hydrogen-bond acceptors (Lipinski definition) is 2. The van der Waals surface area contributed by atoms with Crippen molar-refractivity contribution in [3.05, 3.63) is 59.7 Å². The second-order valence-corrected chi connectivity index (χ2v) is 4.82. The van der Waals surface area contributed by atoms with Crippen LogP contribution in [0.2, 0.25) is 0 Å². The van der Waals surface area contributed by atoms with Gasteiger partial charge in [-0.05, 0) is 24.3 Å². The maximum atomic E-state index is 13.8. The van der Waals surface area contributed by atoms with E-state index in [0.717, 1.165) is 43.3 Å². The Balaban J connectivity index is 2.26. The summed E-state index contributed by atoms with van der Waals surface area (Å²) in [5.74, 6) is -5.96. The second kappa shape index (κ2) is 7.12. The number of anilines is 2. The Morgan fingerprint density at radius 3 is 1.83 bits per heavy atom. The van der Waals surface area contributed by atoms with Crippen LogP contribution in [0.15, 0.2) is 36.4 Å². The lowest BCUT2D eigenvalue weighted by atomic mass is 10.2. The van der Waals surface area contributed by atoms with E-state index in [-0.39, 0.29) is 0 Å². The van der Waals surface area contributed by atoms with E-state index in [4.69, 9.17) is 0 Å². The Morgan fingerprint density at radius 1 is 0.917 bits per heavy atom. The molecule has 0 atom stereocenters. The van der Waals surface area contributed by atoms with Crippen LogP contribution in [-0.2, 0) is 9.59 Å². The summed E-state index contributed by atoms with van der Waals surface area (Å²) in [4.78, 5) is 24.1. The van der Waals surface area contributed by atoms with Crippen LogP contribution in [0.25, 0.3) is 0 Å². The molecule has 4 nitrogen and oxygen atoms in total. The van der Waals surface area contributed by atoms with Crippen LogP contribution in [-0.4, -0.2) is 18.4 Å². The highest BCUT2D eigenvalue weighted by Crippen LogP contribution is 2.24. The molecule has 2 aromatic carbocycles. The van der Waals surface area contributed by atoms with Crippen molar-refractivity contribution >= 4 is 23.2 Å². The predicted octanol–water partition coefficient (Wildman–Crippen LogP) is 3.23. The quantitative estimate of drug-likeness (QED) is 0.869. The number of carbonyl (C=O) groups excluding carboxylic acids is 2. The minimum absolute atomic E-state index is 0.540. The molecule has 8 heteroatoms. The lowest BCUT2D eigenvalue weighted by molar-refractivity contribution is -0.120. The highest BCUT2D eigenvalue weighted by Gasteiger charge is 2.23. The van der Waals surface area contributed by atoms with Crippen LogP contribution < -0.4 is 10.2 Å². The van der Waals surface area contributed by atoms with Crippen LogP contribution in [0.4, 0.5) is 28.9 Å². The van der Waals surface area contributed by atoms with Gasteiger partial charge in [0.25, 0.3) is 0 Å². The highest BCUT2D eigenvalue weighted by molar-refractivity contribution is 6.02. The number of carbonyl (C=O) groups is 2. The number of hydrogen-bond donors (Lipinski definition) is 1. The molecule has 0 fully saturated rings. The molecule has 0 bridgehead atoms. The number of nitrogens with zero attached hydrogens (tertiary/aromatic N) is 1. The van der Waals surface area contributed by atoms with Crippen LogP contribution in [0.5, 0.6) is 0 Å². The largest absolute Gasteiger partial charge is 0.320 e. The van der Waals surface area contributed by atoms with Crippen LogP contribution in [0.3, 0.4) is 0 Å². The molecule has 24 heavy (non-hydrogen) atoms. The topological polar surface area (TPSA) is 49.4 Å². The first-order valence-corrected chi connectivity index (χ1v) is 6.77. The smallest absolute Gasteiger partial charge is 0.244 e. The molecule has 2 aromatic rings. The number of benzene rings is 2. The first kappa shape index (κ1) is 17.5. The van der Waals surface area contributed by atoms with E-state index in [0.29, 0.717) is 4.90 Å². The van der Waals surface area contributed by atoms with Gasteiger partial charge in [-0.1, -0.05) is 12.1 Å². The average molecular weight is 340 g/mol. The fraction of sp³-hybridized carbons (Fsp3) is 0.125. The van der Waals surface area contributed by atoms with Crippen molar-refractivity contribution < 1.29 is 27.2 Å². The molecule has 1 N–H and O–H groups in total. The molecule has 0 radical (unpaired) electrons. The molecule has 0 aliphatic heterocycles. The van der Waals surface area contributed by atoms with E-state index in [1.165, 1.54) is 0 Å².